The number of rotatable bonds is 6. The van der Waals surface area contributed by atoms with Crippen LogP contribution in [-0.4, -0.2) is 35.0 Å². The van der Waals surface area contributed by atoms with E-state index in [0.29, 0.717) is 5.69 Å². The average molecular weight is 279 g/mol. The van der Waals surface area contributed by atoms with Crippen LogP contribution in [0.15, 0.2) is 30.3 Å². The lowest BCUT2D eigenvalue weighted by Gasteiger charge is -2.16. The van der Waals surface area contributed by atoms with E-state index in [4.69, 9.17) is 10.8 Å². The third-order valence-corrected chi connectivity index (χ3v) is 2.52. The minimum Gasteiger partial charge on any atom is -0.481 e. The van der Waals surface area contributed by atoms with Crippen molar-refractivity contribution in [2.45, 2.75) is 25.4 Å². The van der Waals surface area contributed by atoms with E-state index in [1.807, 2.05) is 6.07 Å². The minimum absolute atomic E-state index is 0.410. The van der Waals surface area contributed by atoms with Gasteiger partial charge in [0, 0.05) is 5.69 Å². The molecule has 5 N–H and O–H groups in total. The molecule has 7 heteroatoms. The Bertz CT molecular complexity index is 490. The Morgan fingerprint density at radius 2 is 1.80 bits per heavy atom. The first-order valence-corrected chi connectivity index (χ1v) is 6.04. The third-order valence-electron chi connectivity index (χ3n) is 2.52. The van der Waals surface area contributed by atoms with Crippen molar-refractivity contribution in [2.24, 2.45) is 5.73 Å². The van der Waals surface area contributed by atoms with Crippen molar-refractivity contribution in [1.82, 2.24) is 5.32 Å². The second-order valence-electron chi connectivity index (χ2n) is 4.29. The van der Waals surface area contributed by atoms with Gasteiger partial charge in [0.1, 0.15) is 6.04 Å². The summed E-state index contributed by atoms with van der Waals surface area (Å²) in [5.41, 5.74) is 6.00. The molecule has 0 heterocycles. The predicted octanol–water partition coefficient (Wildman–Crippen LogP) is -0.0682. The molecule has 0 aliphatic carbocycles. The number of para-hydroxylation sites is 1. The second kappa shape index (κ2) is 7.25. The highest BCUT2D eigenvalue weighted by Crippen LogP contribution is 2.05. The molecule has 0 aliphatic rings. The number of carboxylic acid groups (broad SMARTS) is 1. The van der Waals surface area contributed by atoms with Crippen LogP contribution < -0.4 is 16.4 Å². The fourth-order valence-electron chi connectivity index (χ4n) is 1.44. The van der Waals surface area contributed by atoms with Crippen LogP contribution in [0.3, 0.4) is 0 Å². The Kier molecular flexibility index (Phi) is 5.67. The van der Waals surface area contributed by atoms with Gasteiger partial charge in [-0.3, -0.25) is 14.4 Å². The Hall–Kier alpha value is -2.41. The molecular weight excluding hydrogens is 262 g/mol. The summed E-state index contributed by atoms with van der Waals surface area (Å²) in [5, 5.41) is 13.5. The summed E-state index contributed by atoms with van der Waals surface area (Å²) in [6, 6.07) is 6.77. The zero-order valence-electron chi connectivity index (χ0n) is 11.0. The van der Waals surface area contributed by atoms with Gasteiger partial charge in [-0.1, -0.05) is 18.2 Å². The molecule has 0 bridgehead atoms. The maximum Gasteiger partial charge on any atom is 0.305 e. The zero-order chi connectivity index (χ0) is 15.1. The van der Waals surface area contributed by atoms with Gasteiger partial charge < -0.3 is 21.5 Å². The number of hydrogen-bond acceptors (Lipinski definition) is 4. The maximum absolute atomic E-state index is 11.8. The van der Waals surface area contributed by atoms with Crippen LogP contribution in [0.2, 0.25) is 0 Å². The number of nitrogens with two attached hydrogens (primary N) is 1. The summed E-state index contributed by atoms with van der Waals surface area (Å²) in [7, 11) is 0. The third kappa shape index (κ3) is 5.07. The number of anilines is 1. The molecule has 0 radical (unpaired) electrons. The van der Waals surface area contributed by atoms with Gasteiger partial charge in [0.05, 0.1) is 12.5 Å². The molecule has 1 aromatic rings. The van der Waals surface area contributed by atoms with Gasteiger partial charge in [-0.15, -0.1) is 0 Å². The lowest BCUT2D eigenvalue weighted by atomic mass is 10.2. The molecule has 0 unspecified atom stereocenters. The normalized spacial score (nSPS) is 13.1. The van der Waals surface area contributed by atoms with E-state index in [1.165, 1.54) is 6.92 Å². The van der Waals surface area contributed by atoms with Crippen LogP contribution in [0.4, 0.5) is 5.69 Å². The standard InChI is InChI=1S/C13H17N3O4/c1-8(15-13(20)10(14)7-11(17)18)12(19)16-9-5-3-2-4-6-9/h2-6,8,10H,7,14H2,1H3,(H,15,20)(H,16,19)(H,17,18)/t8-,10-/m0/s1. The number of amides is 2. The molecule has 0 saturated heterocycles. The van der Waals surface area contributed by atoms with Crippen molar-refractivity contribution >= 4 is 23.5 Å². The van der Waals surface area contributed by atoms with Crippen LogP contribution in [-0.2, 0) is 14.4 Å². The summed E-state index contributed by atoms with van der Waals surface area (Å²) >= 11 is 0. The van der Waals surface area contributed by atoms with Crippen LogP contribution in [0.1, 0.15) is 13.3 Å². The Morgan fingerprint density at radius 3 is 2.35 bits per heavy atom. The highest BCUT2D eigenvalue weighted by molar-refractivity contribution is 5.97. The zero-order valence-corrected chi connectivity index (χ0v) is 11.0. The molecule has 2 amide bonds. The van der Waals surface area contributed by atoms with Crippen LogP contribution >= 0.6 is 0 Å². The Morgan fingerprint density at radius 1 is 1.20 bits per heavy atom. The van der Waals surface area contributed by atoms with Crippen molar-refractivity contribution in [2.75, 3.05) is 5.32 Å². The number of carbonyl (C=O) groups is 3. The molecule has 7 nitrogen and oxygen atoms in total. The summed E-state index contributed by atoms with van der Waals surface area (Å²) in [6.07, 6.45) is -0.487. The van der Waals surface area contributed by atoms with Gasteiger partial charge >= 0.3 is 5.97 Å². The lowest BCUT2D eigenvalue weighted by molar-refractivity contribution is -0.139. The molecule has 108 valence electrons. The predicted molar refractivity (Wildman–Crippen MR) is 72.9 cm³/mol. The molecule has 1 aromatic carbocycles. The molecule has 0 fully saturated rings. The van der Waals surface area contributed by atoms with E-state index >= 15 is 0 Å². The topological polar surface area (TPSA) is 122 Å². The lowest BCUT2D eigenvalue weighted by Crippen LogP contribution is -2.49. The Labute approximate surface area is 116 Å². The van der Waals surface area contributed by atoms with E-state index in [9.17, 15) is 14.4 Å². The summed E-state index contributed by atoms with van der Waals surface area (Å²) < 4.78 is 0. The highest BCUT2D eigenvalue weighted by Gasteiger charge is 2.21. The first kappa shape index (κ1) is 15.6. The van der Waals surface area contributed by atoms with Gasteiger partial charge in [-0.05, 0) is 19.1 Å². The smallest absolute Gasteiger partial charge is 0.305 e. The van der Waals surface area contributed by atoms with Gasteiger partial charge in [0.25, 0.3) is 0 Å². The molecule has 0 saturated carbocycles. The number of nitrogens with one attached hydrogen (secondary N) is 2. The molecule has 0 aromatic heterocycles. The van der Waals surface area contributed by atoms with Crippen molar-refractivity contribution in [3.63, 3.8) is 0 Å². The second-order valence-corrected chi connectivity index (χ2v) is 4.29. The van der Waals surface area contributed by atoms with Crippen molar-refractivity contribution in [3.8, 4) is 0 Å². The quantitative estimate of drug-likeness (QED) is 0.581. The van der Waals surface area contributed by atoms with Crippen molar-refractivity contribution < 1.29 is 19.5 Å². The Balaban J connectivity index is 2.49. The fraction of sp³-hybridized carbons (Fsp3) is 0.308. The number of benzene rings is 1. The van der Waals surface area contributed by atoms with E-state index < -0.39 is 36.3 Å². The van der Waals surface area contributed by atoms with Crippen molar-refractivity contribution in [3.05, 3.63) is 30.3 Å². The van der Waals surface area contributed by atoms with Gasteiger partial charge in [-0.2, -0.15) is 0 Å². The average Bonchev–Trinajstić information content (AvgIpc) is 2.38. The SMILES string of the molecule is C[C@H](NC(=O)[C@@H](N)CC(=O)O)C(=O)Nc1ccccc1. The van der Waals surface area contributed by atoms with E-state index in [-0.39, 0.29) is 0 Å². The minimum atomic E-state index is -1.18. The first-order chi connectivity index (χ1) is 9.40. The monoisotopic (exact) mass is 279 g/mol. The number of carboxylic acids is 1. The number of aliphatic carboxylic acids is 1. The van der Waals surface area contributed by atoms with Crippen LogP contribution in [0, 0.1) is 0 Å². The first-order valence-electron chi connectivity index (χ1n) is 6.04. The van der Waals surface area contributed by atoms with E-state index in [0.717, 1.165) is 0 Å². The van der Waals surface area contributed by atoms with Gasteiger partial charge in [0.2, 0.25) is 11.8 Å². The molecule has 1 rings (SSSR count). The molecule has 20 heavy (non-hydrogen) atoms. The summed E-state index contributed by atoms with van der Waals surface area (Å²) in [4.78, 5) is 33.8. The van der Waals surface area contributed by atoms with E-state index in [1.54, 1.807) is 24.3 Å². The van der Waals surface area contributed by atoms with Crippen LogP contribution in [0.25, 0.3) is 0 Å². The van der Waals surface area contributed by atoms with Gasteiger partial charge in [0.15, 0.2) is 0 Å². The van der Waals surface area contributed by atoms with Crippen LogP contribution in [0.5, 0.6) is 0 Å². The molecular formula is C13H17N3O4. The number of hydrogen-bond donors (Lipinski definition) is 4. The maximum atomic E-state index is 11.8. The highest BCUT2D eigenvalue weighted by atomic mass is 16.4. The largest absolute Gasteiger partial charge is 0.481 e. The van der Waals surface area contributed by atoms with Gasteiger partial charge in [-0.25, -0.2) is 0 Å². The molecule has 0 spiro atoms. The molecule has 0 aliphatic heterocycles. The fourth-order valence-corrected chi connectivity index (χ4v) is 1.44. The van der Waals surface area contributed by atoms with E-state index in [2.05, 4.69) is 10.6 Å². The summed E-state index contributed by atoms with van der Waals surface area (Å²) in [5.74, 6) is -2.26. The number of carbonyl (C=O) groups excluding carboxylic acids is 2. The molecule has 2 atom stereocenters. The van der Waals surface area contributed by atoms with Crippen molar-refractivity contribution in [1.29, 1.82) is 0 Å². The summed E-state index contributed by atoms with van der Waals surface area (Å²) in [6.45, 7) is 1.49.